The van der Waals surface area contributed by atoms with Crippen LogP contribution in [0.4, 0.5) is 0 Å². The molecule has 0 aliphatic carbocycles. The predicted molar refractivity (Wildman–Crippen MR) is 57.4 cm³/mol. The van der Waals surface area contributed by atoms with Crippen molar-refractivity contribution in [2.75, 3.05) is 26.3 Å². The molecule has 2 rings (SSSR count). The Balaban J connectivity index is 1.97. The Bertz CT molecular complexity index is 182. The number of ether oxygens (including phenoxy) is 1. The maximum absolute atomic E-state index is 5.42. The minimum absolute atomic E-state index is 0.325. The summed E-state index contributed by atoms with van der Waals surface area (Å²) < 4.78 is 5.42. The van der Waals surface area contributed by atoms with E-state index >= 15 is 0 Å². The lowest BCUT2D eigenvalue weighted by molar-refractivity contribution is 0.0207. The molecule has 1 spiro atoms. The first-order chi connectivity index (χ1) is 6.72. The molecule has 0 bridgehead atoms. The molecule has 82 valence electrons. The van der Waals surface area contributed by atoms with Crippen LogP contribution in [0.1, 0.15) is 26.7 Å². The first-order valence-electron chi connectivity index (χ1n) is 5.78. The van der Waals surface area contributed by atoms with Crippen LogP contribution in [-0.2, 0) is 4.74 Å². The summed E-state index contributed by atoms with van der Waals surface area (Å²) in [6.45, 7) is 8.63. The van der Waals surface area contributed by atoms with Crippen LogP contribution >= 0.6 is 0 Å². The van der Waals surface area contributed by atoms with E-state index in [-0.39, 0.29) is 0 Å². The maximum Gasteiger partial charge on any atom is 0.0484 e. The number of piperazine rings is 1. The molecule has 14 heavy (non-hydrogen) atoms. The van der Waals surface area contributed by atoms with Gasteiger partial charge in [-0.05, 0) is 18.8 Å². The van der Waals surface area contributed by atoms with E-state index in [1.165, 1.54) is 0 Å². The molecule has 0 aromatic heterocycles. The highest BCUT2D eigenvalue weighted by molar-refractivity contribution is 4.99. The number of hydrogen-bond acceptors (Lipinski definition) is 3. The second-order valence-corrected chi connectivity index (χ2v) is 5.02. The average molecular weight is 198 g/mol. The second kappa shape index (κ2) is 4.17. The van der Waals surface area contributed by atoms with Crippen molar-refractivity contribution in [1.82, 2.24) is 10.6 Å². The largest absolute Gasteiger partial charge is 0.381 e. The molecule has 0 aromatic rings. The third-order valence-electron chi connectivity index (χ3n) is 3.57. The summed E-state index contributed by atoms with van der Waals surface area (Å²) in [5, 5.41) is 7.38. The van der Waals surface area contributed by atoms with Crippen LogP contribution in [0.15, 0.2) is 0 Å². The Morgan fingerprint density at radius 3 is 2.64 bits per heavy atom. The summed E-state index contributed by atoms with van der Waals surface area (Å²) in [4.78, 5) is 0. The molecule has 2 N–H and O–H groups in total. The fourth-order valence-electron chi connectivity index (χ4n) is 2.45. The minimum Gasteiger partial charge on any atom is -0.381 e. The van der Waals surface area contributed by atoms with E-state index in [9.17, 15) is 0 Å². The SMILES string of the molecule is CC(C)C1CNCC2(CCOCC2)N1. The zero-order chi connectivity index (χ0) is 10.0. The highest BCUT2D eigenvalue weighted by Gasteiger charge is 2.37. The van der Waals surface area contributed by atoms with E-state index in [4.69, 9.17) is 4.74 Å². The van der Waals surface area contributed by atoms with Crippen LogP contribution in [0.25, 0.3) is 0 Å². The zero-order valence-electron chi connectivity index (χ0n) is 9.31. The van der Waals surface area contributed by atoms with Crippen molar-refractivity contribution in [2.24, 2.45) is 5.92 Å². The topological polar surface area (TPSA) is 33.3 Å². The average Bonchev–Trinajstić information content (AvgIpc) is 2.19. The summed E-state index contributed by atoms with van der Waals surface area (Å²) in [6, 6.07) is 0.627. The van der Waals surface area contributed by atoms with E-state index in [2.05, 4.69) is 24.5 Å². The summed E-state index contributed by atoms with van der Waals surface area (Å²) >= 11 is 0. The van der Waals surface area contributed by atoms with Gasteiger partial charge in [-0.2, -0.15) is 0 Å². The van der Waals surface area contributed by atoms with Crippen LogP contribution in [0, 0.1) is 5.92 Å². The van der Waals surface area contributed by atoms with Crippen molar-refractivity contribution in [3.8, 4) is 0 Å². The number of rotatable bonds is 1. The van der Waals surface area contributed by atoms with Crippen LogP contribution in [-0.4, -0.2) is 37.9 Å². The fourth-order valence-corrected chi connectivity index (χ4v) is 2.45. The first kappa shape index (κ1) is 10.4. The number of hydrogen-bond donors (Lipinski definition) is 2. The molecule has 3 heteroatoms. The quantitative estimate of drug-likeness (QED) is 0.652. The van der Waals surface area contributed by atoms with Gasteiger partial charge in [0, 0.05) is 37.9 Å². The summed E-state index contributed by atoms with van der Waals surface area (Å²) in [7, 11) is 0. The lowest BCUT2D eigenvalue weighted by Gasteiger charge is -2.46. The second-order valence-electron chi connectivity index (χ2n) is 5.02. The molecular weight excluding hydrogens is 176 g/mol. The Kier molecular flexibility index (Phi) is 3.10. The first-order valence-corrected chi connectivity index (χ1v) is 5.78. The highest BCUT2D eigenvalue weighted by Crippen LogP contribution is 2.24. The van der Waals surface area contributed by atoms with Gasteiger partial charge < -0.3 is 15.4 Å². The molecule has 1 atom stereocenters. The molecule has 0 radical (unpaired) electrons. The summed E-state index contributed by atoms with van der Waals surface area (Å²) in [5.41, 5.74) is 0.325. The van der Waals surface area contributed by atoms with Crippen LogP contribution < -0.4 is 10.6 Å². The Morgan fingerprint density at radius 2 is 2.00 bits per heavy atom. The zero-order valence-corrected chi connectivity index (χ0v) is 9.31. The summed E-state index contributed by atoms with van der Waals surface area (Å²) in [5.74, 6) is 0.711. The van der Waals surface area contributed by atoms with Crippen LogP contribution in [0.5, 0.6) is 0 Å². The molecule has 3 nitrogen and oxygen atoms in total. The lowest BCUT2D eigenvalue weighted by Crippen LogP contribution is -2.66. The Hall–Kier alpha value is -0.120. The third kappa shape index (κ3) is 2.10. The van der Waals surface area contributed by atoms with Crippen molar-refractivity contribution in [2.45, 2.75) is 38.3 Å². The van der Waals surface area contributed by atoms with Gasteiger partial charge in [-0.1, -0.05) is 13.8 Å². The molecule has 0 amide bonds. The van der Waals surface area contributed by atoms with Crippen molar-refractivity contribution >= 4 is 0 Å². The van der Waals surface area contributed by atoms with E-state index in [0.717, 1.165) is 39.1 Å². The van der Waals surface area contributed by atoms with E-state index in [1.807, 2.05) is 0 Å². The highest BCUT2D eigenvalue weighted by atomic mass is 16.5. The summed E-state index contributed by atoms with van der Waals surface area (Å²) in [6.07, 6.45) is 2.31. The Labute approximate surface area is 86.6 Å². The van der Waals surface area contributed by atoms with Crippen LogP contribution in [0.3, 0.4) is 0 Å². The van der Waals surface area contributed by atoms with Gasteiger partial charge in [-0.3, -0.25) is 0 Å². The fraction of sp³-hybridized carbons (Fsp3) is 1.00. The van der Waals surface area contributed by atoms with Gasteiger partial charge in [0.15, 0.2) is 0 Å². The monoisotopic (exact) mass is 198 g/mol. The van der Waals surface area contributed by atoms with E-state index in [0.29, 0.717) is 17.5 Å². The van der Waals surface area contributed by atoms with Gasteiger partial charge in [0.2, 0.25) is 0 Å². The van der Waals surface area contributed by atoms with E-state index < -0.39 is 0 Å². The number of nitrogens with one attached hydrogen (secondary N) is 2. The predicted octanol–water partition coefficient (Wildman–Crippen LogP) is 0.753. The van der Waals surface area contributed by atoms with Gasteiger partial charge in [0.1, 0.15) is 0 Å². The van der Waals surface area contributed by atoms with Gasteiger partial charge in [-0.25, -0.2) is 0 Å². The van der Waals surface area contributed by atoms with Crippen molar-refractivity contribution in [3.05, 3.63) is 0 Å². The smallest absolute Gasteiger partial charge is 0.0484 e. The molecule has 2 heterocycles. The minimum atomic E-state index is 0.325. The normalized spacial score (nSPS) is 32.4. The Morgan fingerprint density at radius 1 is 1.29 bits per heavy atom. The molecule has 2 aliphatic heterocycles. The van der Waals surface area contributed by atoms with Crippen molar-refractivity contribution in [3.63, 3.8) is 0 Å². The molecule has 0 aromatic carbocycles. The van der Waals surface area contributed by atoms with Crippen molar-refractivity contribution in [1.29, 1.82) is 0 Å². The molecule has 2 fully saturated rings. The van der Waals surface area contributed by atoms with Gasteiger partial charge in [-0.15, -0.1) is 0 Å². The van der Waals surface area contributed by atoms with Crippen LogP contribution in [0.2, 0.25) is 0 Å². The standard InChI is InChI=1S/C11H22N2O/c1-9(2)10-7-12-8-11(13-10)3-5-14-6-4-11/h9-10,12-13H,3-8H2,1-2H3. The molecule has 0 saturated carbocycles. The molecule has 1 unspecified atom stereocenters. The van der Waals surface area contributed by atoms with Gasteiger partial charge in [0.05, 0.1) is 0 Å². The maximum atomic E-state index is 5.42. The van der Waals surface area contributed by atoms with Gasteiger partial charge in [0.25, 0.3) is 0 Å². The third-order valence-corrected chi connectivity index (χ3v) is 3.57. The molecule has 2 saturated heterocycles. The molecular formula is C11H22N2O. The van der Waals surface area contributed by atoms with Crippen molar-refractivity contribution < 1.29 is 4.74 Å². The lowest BCUT2D eigenvalue weighted by atomic mass is 9.85. The van der Waals surface area contributed by atoms with E-state index in [1.54, 1.807) is 0 Å². The molecule has 2 aliphatic rings. The van der Waals surface area contributed by atoms with Gasteiger partial charge >= 0.3 is 0 Å².